The van der Waals surface area contributed by atoms with Crippen molar-refractivity contribution in [2.45, 2.75) is 37.6 Å². The van der Waals surface area contributed by atoms with E-state index in [9.17, 15) is 15.3 Å². The second kappa shape index (κ2) is 5.48. The van der Waals surface area contributed by atoms with Crippen LogP contribution in [0.2, 0.25) is 0 Å². The highest BCUT2D eigenvalue weighted by Crippen LogP contribution is 2.35. The molecule has 0 spiro atoms. The van der Waals surface area contributed by atoms with Gasteiger partial charge in [0, 0.05) is 10.4 Å². The highest BCUT2D eigenvalue weighted by Gasteiger charge is 2.35. The van der Waals surface area contributed by atoms with E-state index in [-0.39, 0.29) is 5.92 Å². The van der Waals surface area contributed by atoms with Crippen molar-refractivity contribution < 1.29 is 15.3 Å². The van der Waals surface area contributed by atoms with Gasteiger partial charge in [-0.05, 0) is 30.5 Å². The third-order valence-electron chi connectivity index (χ3n) is 3.49. The van der Waals surface area contributed by atoms with Crippen LogP contribution in [0.1, 0.15) is 30.9 Å². The average Bonchev–Trinajstić information content (AvgIpc) is 2.33. The Morgan fingerprint density at radius 3 is 2.41 bits per heavy atom. The Kier molecular flexibility index (Phi) is 4.20. The summed E-state index contributed by atoms with van der Waals surface area (Å²) in [5, 5.41) is 29.8. The van der Waals surface area contributed by atoms with Gasteiger partial charge in [0.1, 0.15) is 0 Å². The monoisotopic (exact) mass is 300 g/mol. The third-order valence-corrected chi connectivity index (χ3v) is 4.02. The van der Waals surface area contributed by atoms with Crippen LogP contribution in [0.15, 0.2) is 28.7 Å². The number of aliphatic hydroxyl groups excluding tert-OH is 3. The van der Waals surface area contributed by atoms with E-state index in [0.717, 1.165) is 22.9 Å². The Bertz CT molecular complexity index is 365. The molecular weight excluding hydrogens is 284 g/mol. The maximum Gasteiger partial charge on any atom is 0.0855 e. The van der Waals surface area contributed by atoms with Crippen molar-refractivity contribution in [3.63, 3.8) is 0 Å². The smallest absolute Gasteiger partial charge is 0.0855 e. The van der Waals surface area contributed by atoms with Gasteiger partial charge < -0.3 is 15.3 Å². The summed E-state index contributed by atoms with van der Waals surface area (Å²) in [6, 6.07) is 7.40. The van der Waals surface area contributed by atoms with Gasteiger partial charge in [-0.15, -0.1) is 0 Å². The Morgan fingerprint density at radius 1 is 1.12 bits per heavy atom. The Hall–Kier alpha value is -0.420. The summed E-state index contributed by atoms with van der Waals surface area (Å²) in [6.45, 7) is 0. The first-order valence-electron chi connectivity index (χ1n) is 5.89. The fourth-order valence-electron chi connectivity index (χ4n) is 2.44. The minimum atomic E-state index is -0.831. The molecule has 2 rings (SSSR count). The van der Waals surface area contributed by atoms with Crippen molar-refractivity contribution in [2.75, 3.05) is 0 Å². The van der Waals surface area contributed by atoms with Crippen LogP contribution in [0.25, 0.3) is 0 Å². The van der Waals surface area contributed by atoms with Crippen LogP contribution in [0.4, 0.5) is 0 Å². The molecule has 94 valence electrons. The largest absolute Gasteiger partial charge is 0.390 e. The second-order valence-electron chi connectivity index (χ2n) is 4.65. The lowest BCUT2D eigenvalue weighted by Gasteiger charge is -2.35. The van der Waals surface area contributed by atoms with E-state index in [1.54, 1.807) is 0 Å². The molecule has 0 radical (unpaired) electrons. The molecule has 17 heavy (non-hydrogen) atoms. The van der Waals surface area contributed by atoms with E-state index < -0.39 is 18.3 Å². The molecular formula is C13H17BrO3. The quantitative estimate of drug-likeness (QED) is 0.783. The van der Waals surface area contributed by atoms with Gasteiger partial charge in [-0.3, -0.25) is 0 Å². The maximum atomic E-state index is 10.2. The van der Waals surface area contributed by atoms with Crippen LogP contribution in [0.5, 0.6) is 0 Å². The number of hydrogen-bond acceptors (Lipinski definition) is 3. The molecule has 0 aromatic heterocycles. The Morgan fingerprint density at radius 2 is 1.76 bits per heavy atom. The van der Waals surface area contributed by atoms with Crippen LogP contribution in [-0.4, -0.2) is 27.5 Å². The molecule has 0 amide bonds. The predicted octanol–water partition coefficient (Wildman–Crippen LogP) is 2.00. The average molecular weight is 301 g/mol. The van der Waals surface area contributed by atoms with Crippen molar-refractivity contribution in [1.29, 1.82) is 0 Å². The van der Waals surface area contributed by atoms with Crippen molar-refractivity contribution >= 4 is 15.9 Å². The zero-order valence-electron chi connectivity index (χ0n) is 9.46. The zero-order valence-corrected chi connectivity index (χ0v) is 11.0. The summed E-state index contributed by atoms with van der Waals surface area (Å²) in [6.07, 6.45) is -0.0503. The molecule has 3 N–H and O–H groups in total. The van der Waals surface area contributed by atoms with Crippen LogP contribution in [-0.2, 0) is 0 Å². The van der Waals surface area contributed by atoms with Crippen LogP contribution in [0.3, 0.4) is 0 Å². The van der Waals surface area contributed by atoms with Crippen molar-refractivity contribution in [3.8, 4) is 0 Å². The van der Waals surface area contributed by atoms with E-state index in [2.05, 4.69) is 15.9 Å². The van der Waals surface area contributed by atoms with Gasteiger partial charge in [0.15, 0.2) is 0 Å². The summed E-state index contributed by atoms with van der Waals surface area (Å²) < 4.78 is 0.956. The molecule has 1 aliphatic carbocycles. The molecule has 4 heteroatoms. The first-order valence-corrected chi connectivity index (χ1v) is 6.68. The lowest BCUT2D eigenvalue weighted by atomic mass is 9.79. The summed E-state index contributed by atoms with van der Waals surface area (Å²) in [7, 11) is 0. The van der Waals surface area contributed by atoms with Gasteiger partial charge >= 0.3 is 0 Å². The van der Waals surface area contributed by atoms with Gasteiger partial charge in [0.25, 0.3) is 0 Å². The third kappa shape index (κ3) is 2.88. The number of benzene rings is 1. The standard InChI is InChI=1S/C13H17BrO3/c14-9-6-4-8(5-7-9)12(16)10-2-1-3-11(15)13(10)17/h4-7,10-13,15-17H,1-3H2/t10-,11-,12+,13-/m1/s1. The minimum absolute atomic E-state index is 0.278. The molecule has 1 aromatic carbocycles. The van der Waals surface area contributed by atoms with Crippen molar-refractivity contribution in [3.05, 3.63) is 34.3 Å². The van der Waals surface area contributed by atoms with E-state index >= 15 is 0 Å². The van der Waals surface area contributed by atoms with Crippen LogP contribution in [0, 0.1) is 5.92 Å². The molecule has 1 aliphatic rings. The number of halogens is 1. The predicted molar refractivity (Wildman–Crippen MR) is 68.5 cm³/mol. The number of aliphatic hydroxyl groups is 3. The lowest BCUT2D eigenvalue weighted by molar-refractivity contribution is -0.0838. The topological polar surface area (TPSA) is 60.7 Å². The molecule has 0 saturated heterocycles. The molecule has 1 aromatic rings. The summed E-state index contributed by atoms with van der Waals surface area (Å²) in [5.74, 6) is -0.278. The molecule has 1 fully saturated rings. The normalized spacial score (nSPS) is 31.2. The van der Waals surface area contributed by atoms with Gasteiger partial charge in [-0.2, -0.15) is 0 Å². The summed E-state index contributed by atoms with van der Waals surface area (Å²) in [4.78, 5) is 0. The van der Waals surface area contributed by atoms with Gasteiger partial charge in [0.2, 0.25) is 0 Å². The fraction of sp³-hybridized carbons (Fsp3) is 0.538. The van der Waals surface area contributed by atoms with E-state index in [0.29, 0.717) is 6.42 Å². The zero-order chi connectivity index (χ0) is 12.4. The van der Waals surface area contributed by atoms with Crippen LogP contribution >= 0.6 is 15.9 Å². The van der Waals surface area contributed by atoms with E-state index in [1.807, 2.05) is 24.3 Å². The van der Waals surface area contributed by atoms with Crippen molar-refractivity contribution in [1.82, 2.24) is 0 Å². The van der Waals surface area contributed by atoms with Crippen molar-refractivity contribution in [2.24, 2.45) is 5.92 Å². The fourth-order valence-corrected chi connectivity index (χ4v) is 2.71. The molecule has 0 heterocycles. The van der Waals surface area contributed by atoms with E-state index in [1.165, 1.54) is 0 Å². The molecule has 1 saturated carbocycles. The highest BCUT2D eigenvalue weighted by molar-refractivity contribution is 9.10. The summed E-state index contributed by atoms with van der Waals surface area (Å²) in [5.41, 5.74) is 0.784. The Balaban J connectivity index is 2.13. The molecule has 0 unspecified atom stereocenters. The highest BCUT2D eigenvalue weighted by atomic mass is 79.9. The minimum Gasteiger partial charge on any atom is -0.390 e. The molecule has 3 nitrogen and oxygen atoms in total. The number of hydrogen-bond donors (Lipinski definition) is 3. The maximum absolute atomic E-state index is 10.2. The van der Waals surface area contributed by atoms with Crippen LogP contribution < -0.4 is 0 Å². The first kappa shape index (κ1) is 13.0. The molecule has 4 atom stereocenters. The SMILES string of the molecule is O[C@@H]1[C@@H]([C@@H](O)c2ccc(Br)cc2)CCC[C@H]1O. The summed E-state index contributed by atoms with van der Waals surface area (Å²) >= 11 is 3.34. The van der Waals surface area contributed by atoms with Gasteiger partial charge in [-0.1, -0.05) is 34.5 Å². The van der Waals surface area contributed by atoms with Gasteiger partial charge in [0.05, 0.1) is 18.3 Å². The molecule has 0 bridgehead atoms. The van der Waals surface area contributed by atoms with E-state index in [4.69, 9.17) is 0 Å². The first-order chi connectivity index (χ1) is 8.09. The Labute approximate surface area is 109 Å². The molecule has 0 aliphatic heterocycles. The second-order valence-corrected chi connectivity index (χ2v) is 5.56. The number of rotatable bonds is 2. The van der Waals surface area contributed by atoms with Gasteiger partial charge in [-0.25, -0.2) is 0 Å². The lowest BCUT2D eigenvalue weighted by Crippen LogP contribution is -2.40.